The van der Waals surface area contributed by atoms with Gasteiger partial charge in [-0.3, -0.25) is 14.5 Å². The van der Waals surface area contributed by atoms with Crippen molar-refractivity contribution in [2.24, 2.45) is 0 Å². The first-order chi connectivity index (χ1) is 13.7. The van der Waals surface area contributed by atoms with E-state index in [9.17, 15) is 14.1 Å². The van der Waals surface area contributed by atoms with Crippen LogP contribution in [-0.2, 0) is 9.71 Å². The van der Waals surface area contributed by atoms with E-state index >= 15 is 0 Å². The number of phenolic OH excluding ortho intramolecular Hbond substituents is 1. The molecule has 0 aliphatic rings. The van der Waals surface area contributed by atoms with E-state index in [1.807, 2.05) is 0 Å². The van der Waals surface area contributed by atoms with Gasteiger partial charge >= 0.3 is 0 Å². The van der Waals surface area contributed by atoms with Crippen LogP contribution >= 0.6 is 23.2 Å². The average Bonchev–Trinajstić information content (AvgIpc) is 2.65. The van der Waals surface area contributed by atoms with Crippen molar-refractivity contribution in [3.05, 3.63) is 87.7 Å². The molecule has 0 bridgehead atoms. The molecule has 3 rings (SSSR count). The van der Waals surface area contributed by atoms with Gasteiger partial charge in [-0.15, -0.1) is 0 Å². The van der Waals surface area contributed by atoms with Crippen LogP contribution < -0.4 is 4.72 Å². The summed E-state index contributed by atoms with van der Waals surface area (Å²) in [5, 5.41) is 10.0. The summed E-state index contributed by atoms with van der Waals surface area (Å²) in [6.45, 7) is 0. The average molecular weight is 445 g/mol. The van der Waals surface area contributed by atoms with Gasteiger partial charge in [0.25, 0.3) is 5.91 Å². The topological polar surface area (TPSA) is 79.3 Å². The molecule has 2 N–H and O–H groups in total. The predicted octanol–water partition coefficient (Wildman–Crippen LogP) is 3.91. The number of pyridine rings is 1. The third-order valence-electron chi connectivity index (χ3n) is 3.67. The Bertz CT molecular complexity index is 1240. The third kappa shape index (κ3) is 5.52. The van der Waals surface area contributed by atoms with E-state index in [-0.39, 0.29) is 26.3 Å². The lowest BCUT2D eigenvalue weighted by Crippen LogP contribution is -2.30. The van der Waals surface area contributed by atoms with Crippen molar-refractivity contribution >= 4 is 44.7 Å². The highest BCUT2D eigenvalue weighted by molar-refractivity contribution is 7.99. The van der Waals surface area contributed by atoms with Gasteiger partial charge in [0.2, 0.25) is 0 Å². The second-order valence-corrected chi connectivity index (χ2v) is 8.87. The number of hydrogen-bond donors (Lipinski definition) is 2. The molecule has 146 valence electrons. The fourth-order valence-corrected chi connectivity index (χ4v) is 4.17. The summed E-state index contributed by atoms with van der Waals surface area (Å²) in [5.41, 5.74) is 1.25. The Morgan fingerprint density at radius 2 is 1.72 bits per heavy atom. The smallest absolute Gasteiger partial charge is 0.264 e. The highest BCUT2D eigenvalue weighted by atomic mass is 35.5. The van der Waals surface area contributed by atoms with Crippen molar-refractivity contribution in [2.45, 2.75) is 4.90 Å². The number of halogens is 2. The van der Waals surface area contributed by atoms with E-state index in [4.69, 9.17) is 23.2 Å². The summed E-state index contributed by atoms with van der Waals surface area (Å²) in [6, 6.07) is 12.3. The van der Waals surface area contributed by atoms with Crippen molar-refractivity contribution in [1.29, 1.82) is 0 Å². The highest BCUT2D eigenvalue weighted by Crippen LogP contribution is 2.22. The minimum Gasteiger partial charge on any atom is -0.508 e. The molecule has 8 heteroatoms. The van der Waals surface area contributed by atoms with Gasteiger partial charge in [0.05, 0.1) is 20.2 Å². The minimum atomic E-state index is -3.19. The molecule has 29 heavy (non-hydrogen) atoms. The van der Waals surface area contributed by atoms with Crippen molar-refractivity contribution in [1.82, 2.24) is 9.71 Å². The Morgan fingerprint density at radius 1 is 1.03 bits per heavy atom. The molecular weight excluding hydrogens is 431 g/mol. The van der Waals surface area contributed by atoms with E-state index in [0.29, 0.717) is 11.1 Å². The van der Waals surface area contributed by atoms with Crippen molar-refractivity contribution in [2.75, 3.05) is 0 Å². The van der Waals surface area contributed by atoms with Gasteiger partial charge in [0.1, 0.15) is 5.75 Å². The lowest BCUT2D eigenvalue weighted by Gasteiger charge is -2.12. The molecule has 0 aliphatic carbocycles. The zero-order chi connectivity index (χ0) is 21.0. The second kappa shape index (κ2) is 8.58. The number of aromatic nitrogens is 1. The van der Waals surface area contributed by atoms with Gasteiger partial charge in [-0.25, -0.2) is 4.21 Å². The van der Waals surface area contributed by atoms with Gasteiger partial charge in [-0.05, 0) is 48.3 Å². The van der Waals surface area contributed by atoms with Crippen molar-refractivity contribution < 1.29 is 14.1 Å². The zero-order valence-corrected chi connectivity index (χ0v) is 17.2. The van der Waals surface area contributed by atoms with E-state index in [0.717, 1.165) is 0 Å². The maximum absolute atomic E-state index is 12.9. The molecule has 0 saturated heterocycles. The SMILES string of the molecule is C=S(=O)(NC(=O)c1cncc(C#Cc2cccc(O)c2)c1)c1cc(Cl)cc(Cl)c1. The normalized spacial score (nSPS) is 12.3. The number of nitrogens with zero attached hydrogens (tertiary/aromatic N) is 1. The van der Waals surface area contributed by atoms with Crippen LogP contribution in [0.25, 0.3) is 0 Å². The quantitative estimate of drug-likeness (QED) is 0.473. The minimum absolute atomic E-state index is 0.106. The van der Waals surface area contributed by atoms with Crippen molar-refractivity contribution in [3.63, 3.8) is 0 Å². The molecule has 0 radical (unpaired) electrons. The number of carbonyl (C=O) groups is 1. The molecule has 0 aliphatic heterocycles. The molecule has 3 aromatic rings. The number of nitrogens with one attached hydrogen (secondary N) is 1. The molecule has 0 fully saturated rings. The summed E-state index contributed by atoms with van der Waals surface area (Å²) in [5.74, 6) is 8.82. The Kier molecular flexibility index (Phi) is 6.14. The molecule has 1 aromatic heterocycles. The van der Waals surface area contributed by atoms with Crippen LogP contribution in [0.2, 0.25) is 10.0 Å². The number of aromatic hydroxyl groups is 1. The maximum atomic E-state index is 12.9. The van der Waals surface area contributed by atoms with E-state index in [1.54, 1.807) is 18.2 Å². The predicted molar refractivity (Wildman–Crippen MR) is 116 cm³/mol. The Hall–Kier alpha value is -2.98. The summed E-state index contributed by atoms with van der Waals surface area (Å²) >= 11 is 11.9. The number of carbonyl (C=O) groups excluding carboxylic acids is 1. The zero-order valence-electron chi connectivity index (χ0n) is 14.9. The van der Waals surface area contributed by atoms with E-state index in [1.165, 1.54) is 42.7 Å². The second-order valence-electron chi connectivity index (χ2n) is 5.97. The Morgan fingerprint density at radius 3 is 2.41 bits per heavy atom. The van der Waals surface area contributed by atoms with Crippen molar-refractivity contribution in [3.8, 4) is 17.6 Å². The lowest BCUT2D eigenvalue weighted by molar-refractivity contribution is 0.0982. The van der Waals surface area contributed by atoms with Crippen LogP contribution in [0, 0.1) is 11.8 Å². The van der Waals surface area contributed by atoms with Gasteiger partial charge in [-0.2, -0.15) is 0 Å². The van der Waals surface area contributed by atoms with Crippen LogP contribution in [-0.4, -0.2) is 26.1 Å². The van der Waals surface area contributed by atoms with Gasteiger partial charge in [-0.1, -0.05) is 41.1 Å². The highest BCUT2D eigenvalue weighted by Gasteiger charge is 2.15. The first kappa shape index (κ1) is 20.7. The number of hydrogen-bond acceptors (Lipinski definition) is 4. The molecule has 2 aromatic carbocycles. The number of benzene rings is 2. The van der Waals surface area contributed by atoms with E-state index < -0.39 is 15.6 Å². The molecule has 5 nitrogen and oxygen atoms in total. The first-order valence-electron chi connectivity index (χ1n) is 8.14. The Labute approximate surface area is 178 Å². The number of phenols is 1. The molecule has 1 unspecified atom stereocenters. The first-order valence-corrected chi connectivity index (χ1v) is 10.6. The summed E-state index contributed by atoms with van der Waals surface area (Å²) in [7, 11) is -3.19. The molecule has 1 heterocycles. The lowest BCUT2D eigenvalue weighted by atomic mass is 10.1. The van der Waals surface area contributed by atoms with Gasteiger partial charge in [0, 0.05) is 33.6 Å². The number of amides is 1. The molecule has 1 amide bonds. The van der Waals surface area contributed by atoms with Crippen LogP contribution in [0.15, 0.2) is 65.8 Å². The molecular formula is C21H14Cl2N2O3S. The van der Waals surface area contributed by atoms with Crippen LogP contribution in [0.4, 0.5) is 0 Å². The summed E-state index contributed by atoms with van der Waals surface area (Å²) in [4.78, 5) is 16.8. The van der Waals surface area contributed by atoms with Gasteiger partial charge in [0.15, 0.2) is 0 Å². The summed E-state index contributed by atoms with van der Waals surface area (Å²) in [6.07, 6.45) is 2.82. The van der Waals surface area contributed by atoms with Crippen LogP contribution in [0.3, 0.4) is 0 Å². The number of rotatable bonds is 3. The fraction of sp³-hybridized carbons (Fsp3) is 0. The standard InChI is InChI=1S/C21H14Cl2N2O3S/c1-29(28,20-10-17(22)9-18(23)11-20)25-21(27)16-7-15(12-24-13-16)6-5-14-3-2-4-19(26)8-14/h2-4,7-13,26H,1H2,(H,25,27,28). The maximum Gasteiger partial charge on any atom is 0.264 e. The Balaban J connectivity index is 1.82. The molecule has 0 saturated carbocycles. The molecule has 1 atom stereocenters. The van der Waals surface area contributed by atoms with E-state index in [2.05, 4.69) is 27.4 Å². The van der Waals surface area contributed by atoms with Crippen LogP contribution in [0.5, 0.6) is 5.75 Å². The largest absolute Gasteiger partial charge is 0.508 e. The fourth-order valence-electron chi connectivity index (χ4n) is 2.35. The third-order valence-corrected chi connectivity index (χ3v) is 5.62. The molecule has 0 spiro atoms. The monoisotopic (exact) mass is 444 g/mol. The van der Waals surface area contributed by atoms with Crippen LogP contribution in [0.1, 0.15) is 21.5 Å². The van der Waals surface area contributed by atoms with Gasteiger partial charge < -0.3 is 5.11 Å². The summed E-state index contributed by atoms with van der Waals surface area (Å²) < 4.78 is 15.3.